The number of benzene rings is 1. The van der Waals surface area contributed by atoms with Gasteiger partial charge in [0, 0.05) is 18.6 Å². The average molecular weight is 270 g/mol. The number of pyridine rings is 1. The smallest absolute Gasteiger partial charge is 0.161 e. The Labute approximate surface area is 107 Å². The number of nitrogens with zero attached hydrogens (tertiary/aromatic N) is 2. The van der Waals surface area contributed by atoms with Gasteiger partial charge < -0.3 is 5.32 Å². The number of rotatable bonds is 1. The van der Waals surface area contributed by atoms with Crippen LogP contribution in [0.5, 0.6) is 0 Å². The summed E-state index contributed by atoms with van der Waals surface area (Å²) in [5, 5.41) is 11.9. The second kappa shape index (κ2) is 4.36. The van der Waals surface area contributed by atoms with Crippen LogP contribution in [0.3, 0.4) is 0 Å². The summed E-state index contributed by atoms with van der Waals surface area (Å²) in [5.74, 6) is -0.714. The molecular formula is C11H6Cl2FN3. The molecule has 3 nitrogen and oxygen atoms in total. The molecule has 0 bridgehead atoms. The fourth-order valence-electron chi connectivity index (χ4n) is 1.60. The Kier molecular flexibility index (Phi) is 3.05. The molecule has 1 N–H and O–H groups in total. The third-order valence-electron chi connectivity index (χ3n) is 2.36. The summed E-state index contributed by atoms with van der Waals surface area (Å²) in [7, 11) is 1.62. The van der Waals surface area contributed by atoms with Crippen LogP contribution in [0.25, 0.3) is 10.9 Å². The van der Waals surface area contributed by atoms with Crippen molar-refractivity contribution >= 4 is 39.8 Å². The molecule has 0 aliphatic rings. The van der Waals surface area contributed by atoms with Crippen LogP contribution < -0.4 is 5.32 Å². The van der Waals surface area contributed by atoms with Crippen molar-refractivity contribution < 1.29 is 4.39 Å². The highest BCUT2D eigenvalue weighted by Gasteiger charge is 2.16. The minimum atomic E-state index is -0.714. The molecular weight excluding hydrogens is 264 g/mol. The molecule has 0 aliphatic carbocycles. The fraction of sp³-hybridized carbons (Fsp3) is 0.0909. The molecule has 0 spiro atoms. The Morgan fingerprint density at radius 2 is 2.18 bits per heavy atom. The molecule has 0 atom stereocenters. The summed E-state index contributed by atoms with van der Waals surface area (Å²) < 4.78 is 13.6. The van der Waals surface area contributed by atoms with E-state index in [0.29, 0.717) is 22.2 Å². The monoisotopic (exact) mass is 269 g/mol. The molecule has 86 valence electrons. The number of halogens is 3. The Bertz CT molecular complexity index is 649. The van der Waals surface area contributed by atoms with Crippen LogP contribution in [-0.2, 0) is 0 Å². The highest BCUT2D eigenvalue weighted by Crippen LogP contribution is 2.36. The van der Waals surface area contributed by atoms with Gasteiger partial charge in [0.15, 0.2) is 5.82 Å². The maximum Gasteiger partial charge on any atom is 0.161 e. The van der Waals surface area contributed by atoms with Gasteiger partial charge in [-0.2, -0.15) is 5.26 Å². The Balaban J connectivity index is 2.99. The van der Waals surface area contributed by atoms with E-state index in [1.807, 2.05) is 6.07 Å². The van der Waals surface area contributed by atoms with E-state index in [9.17, 15) is 4.39 Å². The van der Waals surface area contributed by atoms with Gasteiger partial charge in [-0.3, -0.25) is 4.98 Å². The predicted molar refractivity (Wildman–Crippen MR) is 66.0 cm³/mol. The quantitative estimate of drug-likeness (QED) is 0.805. The molecule has 0 amide bonds. The topological polar surface area (TPSA) is 48.7 Å². The van der Waals surface area contributed by atoms with Gasteiger partial charge in [0.05, 0.1) is 26.8 Å². The van der Waals surface area contributed by atoms with Crippen molar-refractivity contribution in [2.75, 3.05) is 12.4 Å². The SMILES string of the molecule is CNc1c(C#N)cnc2cc(Cl)c(F)c(Cl)c12. The molecule has 0 saturated carbocycles. The molecule has 0 saturated heterocycles. The third kappa shape index (κ3) is 1.78. The first-order valence-corrected chi connectivity index (χ1v) is 5.39. The number of fused-ring (bicyclic) bond motifs is 1. The summed E-state index contributed by atoms with van der Waals surface area (Å²) in [6.45, 7) is 0. The zero-order valence-electron chi connectivity index (χ0n) is 8.68. The van der Waals surface area contributed by atoms with Crippen molar-refractivity contribution in [3.05, 3.63) is 33.7 Å². The molecule has 6 heteroatoms. The summed E-state index contributed by atoms with van der Waals surface area (Å²) in [6, 6.07) is 3.34. The second-order valence-corrected chi connectivity index (χ2v) is 4.07. The Hall–Kier alpha value is -1.57. The summed E-state index contributed by atoms with van der Waals surface area (Å²) in [5.41, 5.74) is 1.17. The van der Waals surface area contributed by atoms with Gasteiger partial charge in [-0.05, 0) is 6.07 Å². The van der Waals surface area contributed by atoms with Gasteiger partial charge in [-0.25, -0.2) is 4.39 Å². The number of hydrogen-bond donors (Lipinski definition) is 1. The van der Waals surface area contributed by atoms with Crippen LogP contribution in [0, 0.1) is 17.1 Å². The number of anilines is 1. The minimum Gasteiger partial charge on any atom is -0.386 e. The van der Waals surface area contributed by atoms with Gasteiger partial charge in [0.1, 0.15) is 6.07 Å². The van der Waals surface area contributed by atoms with Gasteiger partial charge in [0.25, 0.3) is 0 Å². The van der Waals surface area contributed by atoms with Crippen LogP contribution in [0.15, 0.2) is 12.3 Å². The first-order chi connectivity index (χ1) is 8.10. The van der Waals surface area contributed by atoms with Crippen molar-refractivity contribution in [1.82, 2.24) is 4.98 Å². The Morgan fingerprint density at radius 1 is 1.47 bits per heavy atom. The molecule has 0 radical (unpaired) electrons. The predicted octanol–water partition coefficient (Wildman–Crippen LogP) is 3.59. The van der Waals surface area contributed by atoms with Crippen molar-refractivity contribution in [2.45, 2.75) is 0 Å². The van der Waals surface area contributed by atoms with Crippen LogP contribution in [0.1, 0.15) is 5.56 Å². The molecule has 17 heavy (non-hydrogen) atoms. The molecule has 1 aromatic heterocycles. The van der Waals surface area contributed by atoms with Gasteiger partial charge in [-0.1, -0.05) is 23.2 Å². The maximum absolute atomic E-state index is 13.6. The Morgan fingerprint density at radius 3 is 2.76 bits per heavy atom. The van der Waals surface area contributed by atoms with Crippen LogP contribution in [0.4, 0.5) is 10.1 Å². The number of nitriles is 1. The third-order valence-corrected chi connectivity index (χ3v) is 2.99. The largest absolute Gasteiger partial charge is 0.386 e. The van der Waals surface area contributed by atoms with E-state index < -0.39 is 5.82 Å². The van der Waals surface area contributed by atoms with Crippen molar-refractivity contribution in [2.24, 2.45) is 0 Å². The first kappa shape index (κ1) is 11.9. The normalized spacial score (nSPS) is 10.3. The van der Waals surface area contributed by atoms with Crippen molar-refractivity contribution in [3.8, 4) is 6.07 Å². The number of aromatic nitrogens is 1. The van der Waals surface area contributed by atoms with E-state index in [-0.39, 0.29) is 10.0 Å². The lowest BCUT2D eigenvalue weighted by Crippen LogP contribution is -1.97. The molecule has 0 aliphatic heterocycles. The minimum absolute atomic E-state index is 0.0956. The molecule has 2 rings (SSSR count). The van der Waals surface area contributed by atoms with Gasteiger partial charge >= 0.3 is 0 Å². The highest BCUT2D eigenvalue weighted by atomic mass is 35.5. The van der Waals surface area contributed by atoms with E-state index in [0.717, 1.165) is 0 Å². The van der Waals surface area contributed by atoms with E-state index in [2.05, 4.69) is 10.3 Å². The lowest BCUT2D eigenvalue weighted by atomic mass is 10.1. The summed E-state index contributed by atoms with van der Waals surface area (Å²) in [4.78, 5) is 4.03. The molecule has 1 heterocycles. The van der Waals surface area contributed by atoms with Crippen molar-refractivity contribution in [3.63, 3.8) is 0 Å². The average Bonchev–Trinajstić information content (AvgIpc) is 2.34. The van der Waals surface area contributed by atoms with Crippen LogP contribution >= 0.6 is 23.2 Å². The van der Waals surface area contributed by atoms with Crippen molar-refractivity contribution in [1.29, 1.82) is 5.26 Å². The molecule has 0 fully saturated rings. The maximum atomic E-state index is 13.6. The van der Waals surface area contributed by atoms with E-state index >= 15 is 0 Å². The van der Waals surface area contributed by atoms with Gasteiger partial charge in [0.2, 0.25) is 0 Å². The zero-order chi connectivity index (χ0) is 12.6. The van der Waals surface area contributed by atoms with Crippen LogP contribution in [0.2, 0.25) is 10.0 Å². The molecule has 2 aromatic rings. The summed E-state index contributed by atoms with van der Waals surface area (Å²) >= 11 is 11.6. The number of hydrogen-bond acceptors (Lipinski definition) is 3. The lowest BCUT2D eigenvalue weighted by molar-refractivity contribution is 0.630. The van der Waals surface area contributed by atoms with E-state index in [1.165, 1.54) is 12.3 Å². The first-order valence-electron chi connectivity index (χ1n) is 4.64. The fourth-order valence-corrected chi connectivity index (χ4v) is 2.14. The second-order valence-electron chi connectivity index (χ2n) is 3.29. The van der Waals surface area contributed by atoms with E-state index in [4.69, 9.17) is 28.5 Å². The van der Waals surface area contributed by atoms with E-state index in [1.54, 1.807) is 7.05 Å². The summed E-state index contributed by atoms with van der Waals surface area (Å²) in [6.07, 6.45) is 1.39. The zero-order valence-corrected chi connectivity index (χ0v) is 10.2. The molecule has 1 aromatic carbocycles. The number of nitrogens with one attached hydrogen (secondary N) is 1. The van der Waals surface area contributed by atoms with Crippen LogP contribution in [-0.4, -0.2) is 12.0 Å². The standard InChI is InChI=1S/C11H6Cl2FN3/c1-16-11-5(3-15)4-17-7-2-6(12)10(14)9(13)8(7)11/h2,4H,1H3,(H,16,17). The molecule has 0 unspecified atom stereocenters. The van der Waals surface area contributed by atoms with Gasteiger partial charge in [-0.15, -0.1) is 0 Å². The highest BCUT2D eigenvalue weighted by molar-refractivity contribution is 6.39. The lowest BCUT2D eigenvalue weighted by Gasteiger charge is -2.10.